The van der Waals surface area contributed by atoms with Crippen LogP contribution in [0.5, 0.6) is 11.5 Å². The minimum atomic E-state index is -1.04. The van der Waals surface area contributed by atoms with Crippen LogP contribution in [0.25, 0.3) is 20.0 Å². The zero-order chi connectivity index (χ0) is 24.5. The molecule has 0 amide bonds. The minimum Gasteiger partial charge on any atom is -0.497 e. The Hall–Kier alpha value is -3.27. The van der Waals surface area contributed by atoms with Gasteiger partial charge in [-0.3, -0.25) is 9.69 Å². The Morgan fingerprint density at radius 3 is 2.69 bits per heavy atom. The van der Waals surface area contributed by atoms with Crippen molar-refractivity contribution in [2.45, 2.75) is 26.1 Å². The lowest BCUT2D eigenvalue weighted by atomic mass is 10.0. The number of thiazole rings is 1. The first kappa shape index (κ1) is 23.5. The number of carbonyl (C=O) groups excluding carboxylic acids is 2. The van der Waals surface area contributed by atoms with Crippen LogP contribution in [0.2, 0.25) is 0 Å². The number of thiophene rings is 1. The summed E-state index contributed by atoms with van der Waals surface area (Å²) in [6.45, 7) is 2.60. The van der Waals surface area contributed by atoms with Crippen LogP contribution < -0.4 is 9.47 Å². The number of hydrogen-bond donors (Lipinski definition) is 0. The third-order valence-corrected chi connectivity index (χ3v) is 8.30. The van der Waals surface area contributed by atoms with Gasteiger partial charge in [0.15, 0.2) is 6.04 Å². The number of aromatic nitrogens is 1. The van der Waals surface area contributed by atoms with Crippen molar-refractivity contribution in [3.05, 3.63) is 64.7 Å². The molecule has 5 rings (SSSR count). The molecular formula is C26H24N2O5S2. The third kappa shape index (κ3) is 4.42. The monoisotopic (exact) mass is 508 g/mol. The largest absolute Gasteiger partial charge is 0.497 e. The molecule has 7 nitrogen and oxygen atoms in total. The number of esters is 1. The number of hydrogen-bond acceptors (Lipinski definition) is 9. The van der Waals surface area contributed by atoms with E-state index in [2.05, 4.69) is 18.2 Å². The van der Waals surface area contributed by atoms with Crippen molar-refractivity contribution >= 4 is 44.5 Å². The number of ether oxygens (including phenoxy) is 3. The number of methoxy groups -OCH3 is 2. The van der Waals surface area contributed by atoms with E-state index >= 15 is 0 Å². The predicted octanol–water partition coefficient (Wildman–Crippen LogP) is 5.17. The van der Waals surface area contributed by atoms with Crippen molar-refractivity contribution in [2.75, 3.05) is 20.8 Å². The summed E-state index contributed by atoms with van der Waals surface area (Å²) in [5.41, 5.74) is 1.51. The van der Waals surface area contributed by atoms with Gasteiger partial charge in [-0.05, 0) is 30.5 Å². The van der Waals surface area contributed by atoms with Gasteiger partial charge >= 0.3 is 5.97 Å². The second-order valence-electron chi connectivity index (χ2n) is 8.04. The van der Waals surface area contributed by atoms with Crippen molar-refractivity contribution in [2.24, 2.45) is 0 Å². The summed E-state index contributed by atoms with van der Waals surface area (Å²) in [5.74, 6) is 0.459. The summed E-state index contributed by atoms with van der Waals surface area (Å²) in [4.78, 5) is 34.7. The molecule has 1 aliphatic rings. The van der Waals surface area contributed by atoms with Crippen LogP contribution in [0.4, 0.5) is 0 Å². The van der Waals surface area contributed by atoms with Crippen LogP contribution in [-0.2, 0) is 22.6 Å². The number of carbonyl (C=O) groups is 2. The molecule has 2 aromatic heterocycles. The molecule has 9 heteroatoms. The third-order valence-electron chi connectivity index (χ3n) is 5.90. The summed E-state index contributed by atoms with van der Waals surface area (Å²) in [5, 5.41) is 1.93. The average Bonchev–Trinajstić information content (AvgIpc) is 3.49. The lowest BCUT2D eigenvalue weighted by molar-refractivity contribution is -0.148. The molecule has 1 aliphatic heterocycles. The fourth-order valence-electron chi connectivity index (χ4n) is 4.24. The lowest BCUT2D eigenvalue weighted by Crippen LogP contribution is -2.49. The molecular weight excluding hydrogens is 484 g/mol. The van der Waals surface area contributed by atoms with Gasteiger partial charge in [-0.2, -0.15) is 0 Å². The second-order valence-corrected chi connectivity index (χ2v) is 10.1. The smallest absolute Gasteiger partial charge is 0.331 e. The number of nitrogens with zero attached hydrogens (tertiary/aromatic N) is 2. The maximum absolute atomic E-state index is 13.6. The summed E-state index contributed by atoms with van der Waals surface area (Å²) in [6.07, 6.45) is 0. The van der Waals surface area contributed by atoms with Crippen LogP contribution >= 0.6 is 22.7 Å². The van der Waals surface area contributed by atoms with E-state index in [0.717, 1.165) is 20.8 Å². The molecule has 0 saturated heterocycles. The van der Waals surface area contributed by atoms with Crippen LogP contribution in [0.3, 0.4) is 0 Å². The maximum Gasteiger partial charge on any atom is 0.331 e. The SMILES string of the molecule is CCOC(=O)C1C(=O)c2sc(-c3cc4ccccc4s3)nc2CN1Cc1ccc(OC)cc1OC. The first-order chi connectivity index (χ1) is 17.0. The van der Waals surface area contributed by atoms with Gasteiger partial charge in [-0.1, -0.05) is 24.3 Å². The molecule has 4 aromatic rings. The van der Waals surface area contributed by atoms with Crippen molar-refractivity contribution < 1.29 is 23.8 Å². The van der Waals surface area contributed by atoms with Crippen LogP contribution in [0.1, 0.15) is 27.9 Å². The maximum atomic E-state index is 13.6. The molecule has 180 valence electrons. The van der Waals surface area contributed by atoms with Crippen molar-refractivity contribution in [3.63, 3.8) is 0 Å². The lowest BCUT2D eigenvalue weighted by Gasteiger charge is -2.32. The summed E-state index contributed by atoms with van der Waals surface area (Å²) < 4.78 is 17.3. The van der Waals surface area contributed by atoms with Gasteiger partial charge in [0.25, 0.3) is 0 Å². The Labute approximate surface area is 210 Å². The minimum absolute atomic E-state index is 0.199. The fourth-order valence-corrected chi connectivity index (χ4v) is 6.39. The van der Waals surface area contributed by atoms with Gasteiger partial charge < -0.3 is 14.2 Å². The molecule has 0 radical (unpaired) electrons. The van der Waals surface area contributed by atoms with E-state index in [1.807, 2.05) is 24.3 Å². The van der Waals surface area contributed by atoms with Crippen LogP contribution in [-0.4, -0.2) is 48.5 Å². The van der Waals surface area contributed by atoms with Gasteiger partial charge in [0, 0.05) is 29.4 Å². The first-order valence-electron chi connectivity index (χ1n) is 11.2. The molecule has 2 aromatic carbocycles. The van der Waals surface area contributed by atoms with E-state index in [0.29, 0.717) is 35.2 Å². The summed E-state index contributed by atoms with van der Waals surface area (Å²) >= 11 is 2.99. The van der Waals surface area contributed by atoms with Crippen LogP contribution in [0, 0.1) is 0 Å². The molecule has 0 saturated carbocycles. The number of rotatable bonds is 7. The van der Waals surface area contributed by atoms with Crippen LogP contribution in [0.15, 0.2) is 48.5 Å². The zero-order valence-electron chi connectivity index (χ0n) is 19.6. The predicted molar refractivity (Wildman–Crippen MR) is 136 cm³/mol. The van der Waals surface area contributed by atoms with E-state index < -0.39 is 12.0 Å². The highest BCUT2D eigenvalue weighted by Gasteiger charge is 2.42. The molecule has 0 spiro atoms. The average molecular weight is 509 g/mol. The van der Waals surface area contributed by atoms with Crippen molar-refractivity contribution in [1.82, 2.24) is 9.88 Å². The highest BCUT2D eigenvalue weighted by molar-refractivity contribution is 7.26. The molecule has 0 bridgehead atoms. The Kier molecular flexibility index (Phi) is 6.55. The van der Waals surface area contributed by atoms with Gasteiger partial charge in [0.05, 0.1) is 36.3 Å². The molecule has 0 N–H and O–H groups in total. The van der Waals surface area contributed by atoms with Crippen molar-refractivity contribution in [1.29, 1.82) is 0 Å². The second kappa shape index (κ2) is 9.77. The van der Waals surface area contributed by atoms with Gasteiger partial charge in [0.2, 0.25) is 5.78 Å². The first-order valence-corrected chi connectivity index (χ1v) is 12.8. The fraction of sp³-hybridized carbons (Fsp3) is 0.269. The molecule has 1 unspecified atom stereocenters. The zero-order valence-corrected chi connectivity index (χ0v) is 21.2. The van der Waals surface area contributed by atoms with E-state index in [1.165, 1.54) is 16.0 Å². The Balaban J connectivity index is 1.51. The molecule has 3 heterocycles. The van der Waals surface area contributed by atoms with Gasteiger partial charge in [0.1, 0.15) is 16.5 Å². The Bertz CT molecular complexity index is 1380. The normalized spacial score (nSPS) is 15.7. The Morgan fingerprint density at radius 1 is 1.11 bits per heavy atom. The van der Waals surface area contributed by atoms with E-state index in [4.69, 9.17) is 19.2 Å². The van der Waals surface area contributed by atoms with E-state index in [9.17, 15) is 9.59 Å². The van der Waals surface area contributed by atoms with Crippen molar-refractivity contribution in [3.8, 4) is 21.4 Å². The number of ketones is 1. The Morgan fingerprint density at radius 2 is 1.94 bits per heavy atom. The standard InChI is InChI=1S/C26H24N2O5S2/c1-4-33-26(30)22-23(29)24-18(14-28(22)13-16-9-10-17(31-2)12-19(16)32-3)27-25(35-24)21-11-15-7-5-6-8-20(15)34-21/h5-12,22H,4,13-14H2,1-3H3. The molecule has 0 fully saturated rings. The number of Topliss-reactive ketones (excluding diaryl/α,β-unsaturated/α-hetero) is 1. The number of benzene rings is 2. The highest BCUT2D eigenvalue weighted by atomic mass is 32.1. The summed E-state index contributed by atoms with van der Waals surface area (Å²) in [6, 6.07) is 14.7. The van der Waals surface area contributed by atoms with Gasteiger partial charge in [-0.15, -0.1) is 22.7 Å². The van der Waals surface area contributed by atoms with E-state index in [-0.39, 0.29) is 12.4 Å². The number of fused-ring (bicyclic) bond motifs is 2. The molecule has 0 aliphatic carbocycles. The molecule has 1 atom stereocenters. The van der Waals surface area contributed by atoms with E-state index in [1.54, 1.807) is 43.4 Å². The van der Waals surface area contributed by atoms with Gasteiger partial charge in [-0.25, -0.2) is 9.78 Å². The highest BCUT2D eigenvalue weighted by Crippen LogP contribution is 2.39. The topological polar surface area (TPSA) is 78.0 Å². The quantitative estimate of drug-likeness (QED) is 0.252. The summed E-state index contributed by atoms with van der Waals surface area (Å²) in [7, 11) is 3.17. The molecule has 35 heavy (non-hydrogen) atoms.